The summed E-state index contributed by atoms with van der Waals surface area (Å²) in [5.41, 5.74) is 5.07. The number of carbonyl (C=O) groups is 1. The molecule has 0 heterocycles. The van der Waals surface area contributed by atoms with Gasteiger partial charge in [-0.15, -0.1) is 0 Å². The van der Waals surface area contributed by atoms with Crippen molar-refractivity contribution in [2.75, 3.05) is 0 Å². The quantitative estimate of drug-likeness (QED) is 0.693. The van der Waals surface area contributed by atoms with Gasteiger partial charge in [-0.3, -0.25) is 4.79 Å². The van der Waals surface area contributed by atoms with Gasteiger partial charge in [-0.05, 0) is 18.8 Å². The summed E-state index contributed by atoms with van der Waals surface area (Å²) < 4.78 is 0. The number of hydrogen-bond donors (Lipinski definition) is 1. The van der Waals surface area contributed by atoms with Gasteiger partial charge in [-0.25, -0.2) is 0 Å². The third-order valence-corrected chi connectivity index (χ3v) is 2.76. The Morgan fingerprint density at radius 3 is 2.58 bits per heavy atom. The first kappa shape index (κ1) is 9.56. The maximum absolute atomic E-state index is 10.5. The van der Waals surface area contributed by atoms with E-state index >= 15 is 0 Å². The lowest BCUT2D eigenvalue weighted by Gasteiger charge is -2.20. The molecule has 72 valence electrons. The van der Waals surface area contributed by atoms with Crippen molar-refractivity contribution in [3.05, 3.63) is 0 Å². The van der Waals surface area contributed by atoms with Crippen LogP contribution in [0.25, 0.3) is 0 Å². The molecule has 0 bridgehead atoms. The molecule has 0 saturated heterocycles. The second kappa shape index (κ2) is 5.18. The van der Waals surface area contributed by atoms with Crippen LogP contribution in [-0.4, -0.2) is 5.91 Å². The summed E-state index contributed by atoms with van der Waals surface area (Å²) in [6.07, 6.45) is 9.73. The van der Waals surface area contributed by atoms with E-state index in [-0.39, 0.29) is 7.33 Å². The van der Waals surface area contributed by atoms with Crippen molar-refractivity contribution in [2.45, 2.75) is 51.4 Å². The lowest BCUT2D eigenvalue weighted by atomic mass is 9.86. The Morgan fingerprint density at radius 1 is 1.33 bits per heavy atom. The number of primary amides is 1. The van der Waals surface area contributed by atoms with E-state index in [0.717, 1.165) is 12.3 Å². The Balaban J connectivity index is 0.00000144. The molecule has 0 aromatic carbocycles. The van der Waals surface area contributed by atoms with Crippen molar-refractivity contribution in [2.24, 2.45) is 11.7 Å². The normalized spacial score (nSPS) is 19.3. The van der Waals surface area contributed by atoms with Crippen molar-refractivity contribution >= 4 is 5.91 Å². The van der Waals surface area contributed by atoms with E-state index in [1.54, 1.807) is 0 Å². The fourth-order valence-electron chi connectivity index (χ4n) is 2.04. The summed E-state index contributed by atoms with van der Waals surface area (Å²) in [5.74, 6) is 0.740. The highest BCUT2D eigenvalue weighted by atomic mass is 16.1. The Hall–Kier alpha value is -0.530. The highest BCUT2D eigenvalue weighted by molar-refractivity contribution is 5.73. The zero-order chi connectivity index (χ0) is 8.81. The minimum absolute atomic E-state index is 0. The molecule has 12 heavy (non-hydrogen) atoms. The van der Waals surface area contributed by atoms with Gasteiger partial charge in [-0.2, -0.15) is 0 Å². The molecule has 1 aliphatic rings. The Labute approximate surface area is 76.0 Å². The Bertz CT molecular complexity index is 144. The van der Waals surface area contributed by atoms with Crippen LogP contribution in [0, 0.1) is 5.92 Å². The molecular formula is C10H21NO. The first-order chi connectivity index (χ1) is 5.79. The second-order valence-electron chi connectivity index (χ2n) is 3.86. The molecule has 1 rings (SSSR count). The zero-order valence-corrected chi connectivity index (χ0v) is 7.72. The zero-order valence-electron chi connectivity index (χ0n) is 7.72. The summed E-state index contributed by atoms with van der Waals surface area (Å²) in [4.78, 5) is 10.5. The maximum Gasteiger partial charge on any atom is 0.217 e. The summed E-state index contributed by atoms with van der Waals surface area (Å²) >= 11 is 0. The molecular weight excluding hydrogens is 150 g/mol. The number of rotatable bonds is 4. The van der Waals surface area contributed by atoms with E-state index in [2.05, 4.69) is 0 Å². The van der Waals surface area contributed by atoms with Crippen LogP contribution in [0.3, 0.4) is 0 Å². The topological polar surface area (TPSA) is 43.1 Å². The maximum atomic E-state index is 10.5. The smallest absolute Gasteiger partial charge is 0.217 e. The summed E-state index contributed by atoms with van der Waals surface area (Å²) in [6, 6.07) is 0. The van der Waals surface area contributed by atoms with E-state index in [1.165, 1.54) is 38.5 Å². The molecule has 0 aromatic heterocycles. The van der Waals surface area contributed by atoms with Gasteiger partial charge in [-0.1, -0.05) is 32.1 Å². The lowest BCUT2D eigenvalue weighted by molar-refractivity contribution is -0.118. The van der Waals surface area contributed by atoms with E-state index < -0.39 is 0 Å². The first-order valence-electron chi connectivity index (χ1n) is 5.07. The highest BCUT2D eigenvalue weighted by Crippen LogP contribution is 2.27. The molecule has 0 atom stereocenters. The van der Waals surface area contributed by atoms with E-state index in [4.69, 9.17) is 5.73 Å². The van der Waals surface area contributed by atoms with Crippen molar-refractivity contribution in [1.82, 2.24) is 0 Å². The van der Waals surface area contributed by atoms with Crippen LogP contribution in [0.2, 0.25) is 0 Å². The molecule has 1 fully saturated rings. The predicted molar refractivity (Wildman–Crippen MR) is 51.7 cm³/mol. The van der Waals surface area contributed by atoms with Gasteiger partial charge in [0.05, 0.1) is 0 Å². The van der Waals surface area contributed by atoms with Gasteiger partial charge in [0.1, 0.15) is 0 Å². The number of amides is 1. The number of carbonyl (C=O) groups excluding carboxylic acids is 1. The number of nitrogens with two attached hydrogens (primary N) is 1. The third kappa shape index (κ3) is 3.74. The largest absolute Gasteiger partial charge is 0.370 e. The van der Waals surface area contributed by atoms with Crippen LogP contribution in [-0.2, 0) is 4.79 Å². The predicted octanol–water partition coefficient (Wildman–Crippen LogP) is 2.47. The molecule has 1 aliphatic carbocycles. The van der Waals surface area contributed by atoms with Crippen LogP contribution in [0.4, 0.5) is 0 Å². The molecule has 0 aliphatic heterocycles. The fourth-order valence-corrected chi connectivity index (χ4v) is 2.04. The molecule has 2 N–H and O–H groups in total. The Morgan fingerprint density at radius 2 is 2.00 bits per heavy atom. The first-order valence-corrected chi connectivity index (χ1v) is 5.07. The molecule has 2 heteroatoms. The van der Waals surface area contributed by atoms with Gasteiger partial charge < -0.3 is 5.73 Å². The standard InChI is InChI=1S/C10H19NO.H2/c11-10(12)8-4-7-9-5-2-1-3-6-9;/h9H,1-8H2,(H2,11,12);1H. The molecule has 0 radical (unpaired) electrons. The Kier molecular flexibility index (Phi) is 4.12. The minimum atomic E-state index is -0.147. The van der Waals surface area contributed by atoms with Gasteiger partial charge in [0, 0.05) is 7.85 Å². The van der Waals surface area contributed by atoms with Gasteiger partial charge in [0.15, 0.2) is 0 Å². The second-order valence-corrected chi connectivity index (χ2v) is 3.86. The number of hydrogen-bond acceptors (Lipinski definition) is 1. The van der Waals surface area contributed by atoms with Crippen LogP contribution >= 0.6 is 0 Å². The molecule has 0 spiro atoms. The molecule has 1 saturated carbocycles. The highest BCUT2D eigenvalue weighted by Gasteiger charge is 2.12. The summed E-state index contributed by atoms with van der Waals surface area (Å²) in [5, 5.41) is 0. The summed E-state index contributed by atoms with van der Waals surface area (Å²) in [6.45, 7) is 0. The van der Waals surface area contributed by atoms with Crippen molar-refractivity contribution in [3.63, 3.8) is 0 Å². The van der Waals surface area contributed by atoms with Crippen LogP contribution in [0.5, 0.6) is 0 Å². The van der Waals surface area contributed by atoms with Gasteiger partial charge in [0.2, 0.25) is 5.91 Å². The van der Waals surface area contributed by atoms with Crippen molar-refractivity contribution < 1.29 is 6.22 Å². The van der Waals surface area contributed by atoms with Gasteiger partial charge >= 0.3 is 0 Å². The van der Waals surface area contributed by atoms with Crippen LogP contribution in [0.1, 0.15) is 52.8 Å². The van der Waals surface area contributed by atoms with E-state index in [0.29, 0.717) is 6.42 Å². The van der Waals surface area contributed by atoms with E-state index in [9.17, 15) is 4.79 Å². The monoisotopic (exact) mass is 171 g/mol. The molecule has 1 amide bonds. The van der Waals surface area contributed by atoms with E-state index in [1.807, 2.05) is 0 Å². The lowest BCUT2D eigenvalue weighted by Crippen LogP contribution is -2.12. The van der Waals surface area contributed by atoms with Crippen LogP contribution in [0.15, 0.2) is 0 Å². The summed E-state index contributed by atoms with van der Waals surface area (Å²) in [7, 11) is 0. The van der Waals surface area contributed by atoms with Crippen molar-refractivity contribution in [3.8, 4) is 0 Å². The average molecular weight is 171 g/mol. The van der Waals surface area contributed by atoms with Crippen molar-refractivity contribution in [1.29, 1.82) is 0 Å². The minimum Gasteiger partial charge on any atom is -0.370 e. The fraction of sp³-hybridized carbons (Fsp3) is 0.900. The van der Waals surface area contributed by atoms with Gasteiger partial charge in [0.25, 0.3) is 0 Å². The third-order valence-electron chi connectivity index (χ3n) is 2.76. The molecule has 0 unspecified atom stereocenters. The SMILES string of the molecule is NC(=O)CCCC1CCCCC1.[HH]. The van der Waals surface area contributed by atoms with Crippen LogP contribution < -0.4 is 5.73 Å². The molecule has 0 aromatic rings. The molecule has 2 nitrogen and oxygen atoms in total. The average Bonchev–Trinajstić information content (AvgIpc) is 2.05.